The molecule has 1 aromatic heterocycles. The molecule has 1 aliphatic heterocycles. The van der Waals surface area contributed by atoms with E-state index >= 15 is 0 Å². The molecule has 0 aliphatic carbocycles. The molecule has 3 rings (SSSR count). The number of ether oxygens (including phenoxy) is 3. The van der Waals surface area contributed by atoms with E-state index in [-0.39, 0.29) is 18.2 Å². The van der Waals surface area contributed by atoms with Crippen molar-refractivity contribution in [3.8, 4) is 11.5 Å². The molecule has 0 radical (unpaired) electrons. The number of aromatic nitrogens is 2. The first-order valence-electron chi connectivity index (χ1n) is 12.7. The SMILES string of the molecule is COc1ccc(CCN(C)C(=O)CCN(CCCN2CCOCC2)C(=O)c2cnc(C)cn2)cc1OC. The Bertz CT molecular complexity index is 1010. The molecule has 0 atom stereocenters. The minimum atomic E-state index is -0.199. The number of carbonyl (C=O) groups is 2. The smallest absolute Gasteiger partial charge is 0.274 e. The molecular weight excluding hydrogens is 474 g/mol. The van der Waals surface area contributed by atoms with Crippen LogP contribution < -0.4 is 9.47 Å². The van der Waals surface area contributed by atoms with E-state index in [9.17, 15) is 9.59 Å². The first-order chi connectivity index (χ1) is 17.9. The van der Waals surface area contributed by atoms with Crippen molar-refractivity contribution >= 4 is 11.8 Å². The van der Waals surface area contributed by atoms with E-state index in [0.717, 1.165) is 50.5 Å². The highest BCUT2D eigenvalue weighted by Crippen LogP contribution is 2.27. The Kier molecular flexibility index (Phi) is 11.1. The van der Waals surface area contributed by atoms with E-state index in [2.05, 4.69) is 14.9 Å². The van der Waals surface area contributed by atoms with Crippen LogP contribution in [0.15, 0.2) is 30.6 Å². The van der Waals surface area contributed by atoms with Crippen molar-refractivity contribution in [3.63, 3.8) is 0 Å². The highest BCUT2D eigenvalue weighted by molar-refractivity contribution is 5.92. The Morgan fingerprint density at radius 2 is 1.78 bits per heavy atom. The van der Waals surface area contributed by atoms with Crippen molar-refractivity contribution in [2.75, 3.05) is 73.7 Å². The summed E-state index contributed by atoms with van der Waals surface area (Å²) in [7, 11) is 5.00. The number of hydrogen-bond acceptors (Lipinski definition) is 8. The van der Waals surface area contributed by atoms with Gasteiger partial charge in [0.1, 0.15) is 5.69 Å². The summed E-state index contributed by atoms with van der Waals surface area (Å²) in [5, 5.41) is 0. The number of likely N-dealkylation sites (N-methyl/N-ethyl adjacent to an activating group) is 1. The van der Waals surface area contributed by atoms with E-state index in [1.807, 2.05) is 25.1 Å². The number of aryl methyl sites for hydroxylation is 1. The number of carbonyl (C=O) groups excluding carboxylic acids is 2. The lowest BCUT2D eigenvalue weighted by atomic mass is 10.1. The van der Waals surface area contributed by atoms with Gasteiger partial charge < -0.3 is 24.0 Å². The summed E-state index contributed by atoms with van der Waals surface area (Å²) in [6.07, 6.45) is 4.83. The third kappa shape index (κ3) is 8.68. The number of methoxy groups -OCH3 is 2. The van der Waals surface area contributed by atoms with Crippen LogP contribution in [0.1, 0.15) is 34.6 Å². The van der Waals surface area contributed by atoms with E-state index in [1.165, 1.54) is 6.20 Å². The van der Waals surface area contributed by atoms with Crippen molar-refractivity contribution in [3.05, 3.63) is 47.5 Å². The van der Waals surface area contributed by atoms with Crippen molar-refractivity contribution in [2.45, 2.75) is 26.2 Å². The van der Waals surface area contributed by atoms with Crippen LogP contribution in [0.5, 0.6) is 11.5 Å². The Morgan fingerprint density at radius 3 is 2.46 bits per heavy atom. The third-order valence-electron chi connectivity index (χ3n) is 6.50. The molecule has 2 aromatic rings. The minimum Gasteiger partial charge on any atom is -0.493 e. The maximum atomic E-state index is 13.2. The lowest BCUT2D eigenvalue weighted by molar-refractivity contribution is -0.130. The highest BCUT2D eigenvalue weighted by Gasteiger charge is 2.20. The molecule has 0 N–H and O–H groups in total. The monoisotopic (exact) mass is 513 g/mol. The fraction of sp³-hybridized carbons (Fsp3) is 0.556. The van der Waals surface area contributed by atoms with Gasteiger partial charge in [-0.15, -0.1) is 0 Å². The summed E-state index contributed by atoms with van der Waals surface area (Å²) in [6.45, 7) is 7.44. The van der Waals surface area contributed by atoms with Gasteiger partial charge in [-0.25, -0.2) is 4.98 Å². The number of morpholine rings is 1. The number of rotatable bonds is 13. The zero-order valence-electron chi connectivity index (χ0n) is 22.4. The second-order valence-electron chi connectivity index (χ2n) is 9.15. The first kappa shape index (κ1) is 28.3. The molecule has 0 spiro atoms. The molecule has 10 nitrogen and oxygen atoms in total. The van der Waals surface area contributed by atoms with Gasteiger partial charge in [-0.1, -0.05) is 6.07 Å². The second kappa shape index (κ2) is 14.5. The van der Waals surface area contributed by atoms with Crippen LogP contribution in [0.4, 0.5) is 0 Å². The highest BCUT2D eigenvalue weighted by atomic mass is 16.5. The summed E-state index contributed by atoms with van der Waals surface area (Å²) in [4.78, 5) is 40.3. The number of benzene rings is 1. The fourth-order valence-electron chi connectivity index (χ4n) is 4.17. The first-order valence-corrected chi connectivity index (χ1v) is 12.7. The number of hydrogen-bond donors (Lipinski definition) is 0. The van der Waals surface area contributed by atoms with Gasteiger partial charge in [0.2, 0.25) is 5.91 Å². The Labute approximate surface area is 219 Å². The van der Waals surface area contributed by atoms with E-state index in [1.54, 1.807) is 37.3 Å². The van der Waals surface area contributed by atoms with Gasteiger partial charge in [-0.05, 0) is 37.5 Å². The van der Waals surface area contributed by atoms with E-state index in [4.69, 9.17) is 14.2 Å². The minimum absolute atomic E-state index is 0.0125. The van der Waals surface area contributed by atoms with Crippen LogP contribution in [0.2, 0.25) is 0 Å². The largest absolute Gasteiger partial charge is 0.493 e. The van der Waals surface area contributed by atoms with Gasteiger partial charge in [0.15, 0.2) is 11.5 Å². The van der Waals surface area contributed by atoms with Gasteiger partial charge >= 0.3 is 0 Å². The van der Waals surface area contributed by atoms with Crippen LogP contribution in [0, 0.1) is 6.92 Å². The van der Waals surface area contributed by atoms with Crippen molar-refractivity contribution in [2.24, 2.45) is 0 Å². The normalized spacial score (nSPS) is 13.7. The van der Waals surface area contributed by atoms with E-state index in [0.29, 0.717) is 43.2 Å². The van der Waals surface area contributed by atoms with Gasteiger partial charge in [0.05, 0.1) is 39.3 Å². The van der Waals surface area contributed by atoms with Gasteiger partial charge in [-0.2, -0.15) is 0 Å². The van der Waals surface area contributed by atoms with Gasteiger partial charge in [0.25, 0.3) is 5.91 Å². The van der Waals surface area contributed by atoms with E-state index < -0.39 is 0 Å². The average molecular weight is 514 g/mol. The molecular formula is C27H39N5O5. The predicted octanol–water partition coefficient (Wildman–Crippen LogP) is 2.06. The summed E-state index contributed by atoms with van der Waals surface area (Å²) in [5.41, 5.74) is 2.10. The Morgan fingerprint density at radius 1 is 1.03 bits per heavy atom. The molecule has 1 fully saturated rings. The predicted molar refractivity (Wildman–Crippen MR) is 140 cm³/mol. The molecule has 2 heterocycles. The molecule has 10 heteroatoms. The lowest BCUT2D eigenvalue weighted by Crippen LogP contribution is -2.40. The zero-order valence-corrected chi connectivity index (χ0v) is 22.4. The molecule has 0 unspecified atom stereocenters. The molecule has 0 bridgehead atoms. The molecule has 1 aromatic carbocycles. The molecule has 202 valence electrons. The molecule has 1 saturated heterocycles. The zero-order chi connectivity index (χ0) is 26.6. The topological polar surface area (TPSA) is 97.3 Å². The Hall–Kier alpha value is -3.24. The average Bonchev–Trinajstić information content (AvgIpc) is 2.93. The second-order valence-corrected chi connectivity index (χ2v) is 9.15. The maximum absolute atomic E-state index is 13.2. The third-order valence-corrected chi connectivity index (χ3v) is 6.50. The quantitative estimate of drug-likeness (QED) is 0.402. The van der Waals surface area contributed by atoms with Crippen LogP contribution in [0.25, 0.3) is 0 Å². The number of amides is 2. The van der Waals surface area contributed by atoms with Crippen LogP contribution in [0.3, 0.4) is 0 Å². The standard InChI is InChI=1S/C27H39N5O5/c1-21-19-29-23(20-28-21)27(34)32(11-5-10-31-14-16-37-17-15-31)13-9-26(33)30(2)12-8-22-6-7-24(35-3)25(18-22)36-4/h6-7,18-20H,5,8-17H2,1-4H3. The van der Waals surface area contributed by atoms with Crippen LogP contribution >= 0.6 is 0 Å². The molecule has 37 heavy (non-hydrogen) atoms. The lowest BCUT2D eigenvalue weighted by Gasteiger charge is -2.28. The summed E-state index contributed by atoms with van der Waals surface area (Å²) in [5.74, 6) is 1.13. The Balaban J connectivity index is 1.54. The van der Waals surface area contributed by atoms with Crippen LogP contribution in [-0.2, 0) is 16.0 Å². The van der Waals surface area contributed by atoms with Crippen molar-refractivity contribution in [1.82, 2.24) is 24.7 Å². The summed E-state index contributed by atoms with van der Waals surface area (Å²) >= 11 is 0. The fourth-order valence-corrected chi connectivity index (χ4v) is 4.17. The molecule has 1 aliphatic rings. The van der Waals surface area contributed by atoms with Gasteiger partial charge in [0, 0.05) is 58.9 Å². The molecule has 2 amide bonds. The summed E-state index contributed by atoms with van der Waals surface area (Å²) < 4.78 is 16.1. The summed E-state index contributed by atoms with van der Waals surface area (Å²) in [6, 6.07) is 5.76. The number of nitrogens with zero attached hydrogens (tertiary/aromatic N) is 5. The van der Waals surface area contributed by atoms with Gasteiger partial charge in [-0.3, -0.25) is 19.5 Å². The van der Waals surface area contributed by atoms with Crippen molar-refractivity contribution in [1.29, 1.82) is 0 Å². The van der Waals surface area contributed by atoms with Crippen molar-refractivity contribution < 1.29 is 23.8 Å². The maximum Gasteiger partial charge on any atom is 0.274 e. The molecule has 0 saturated carbocycles. The van der Waals surface area contributed by atoms with Crippen LogP contribution in [-0.4, -0.2) is 110 Å².